The summed E-state index contributed by atoms with van der Waals surface area (Å²) in [5.74, 6) is -3.03. The van der Waals surface area contributed by atoms with Crippen molar-refractivity contribution in [3.05, 3.63) is 35.4 Å². The predicted molar refractivity (Wildman–Crippen MR) is 61.9 cm³/mol. The van der Waals surface area contributed by atoms with Crippen molar-refractivity contribution in [2.45, 2.75) is 25.4 Å². The van der Waals surface area contributed by atoms with Crippen molar-refractivity contribution in [3.63, 3.8) is 0 Å². The highest BCUT2D eigenvalue weighted by Crippen LogP contribution is 2.22. The number of aliphatic hydroxyl groups excluding tert-OH is 1. The Morgan fingerprint density at radius 2 is 1.84 bits per heavy atom. The number of likely N-dealkylation sites (tertiary alicyclic amines) is 1. The largest absolute Gasteiger partial charge is 0.386 e. The van der Waals surface area contributed by atoms with Gasteiger partial charge in [0.25, 0.3) is 0 Å². The highest BCUT2D eigenvalue weighted by Gasteiger charge is 2.29. The van der Waals surface area contributed by atoms with Crippen LogP contribution in [-0.2, 0) is 9.59 Å². The minimum absolute atomic E-state index is 0.226. The second-order valence-corrected chi connectivity index (χ2v) is 4.41. The molecule has 0 bridgehead atoms. The van der Waals surface area contributed by atoms with Crippen molar-refractivity contribution in [1.82, 2.24) is 4.90 Å². The SMILES string of the molecule is O=C1CCCC(=O)N1CC(O)c1cccc(F)c1F. The van der Waals surface area contributed by atoms with Crippen molar-refractivity contribution in [3.8, 4) is 0 Å². The Balaban J connectivity index is 2.16. The Kier molecular flexibility index (Phi) is 3.90. The summed E-state index contributed by atoms with van der Waals surface area (Å²) in [4.78, 5) is 24.0. The molecule has 4 nitrogen and oxygen atoms in total. The topological polar surface area (TPSA) is 57.6 Å². The predicted octanol–water partition coefficient (Wildman–Crippen LogP) is 1.54. The lowest BCUT2D eigenvalue weighted by Crippen LogP contribution is -2.42. The van der Waals surface area contributed by atoms with Crippen molar-refractivity contribution in [2.24, 2.45) is 0 Å². The minimum atomic E-state index is -1.43. The number of benzene rings is 1. The molecule has 6 heteroatoms. The monoisotopic (exact) mass is 269 g/mol. The van der Waals surface area contributed by atoms with Crippen LogP contribution in [-0.4, -0.2) is 28.4 Å². The molecule has 0 aromatic heterocycles. The number of halogens is 2. The van der Waals surface area contributed by atoms with Crippen molar-refractivity contribution >= 4 is 11.8 Å². The first kappa shape index (κ1) is 13.6. The fourth-order valence-corrected chi connectivity index (χ4v) is 2.05. The van der Waals surface area contributed by atoms with Gasteiger partial charge in [-0.1, -0.05) is 12.1 Å². The van der Waals surface area contributed by atoms with E-state index in [1.807, 2.05) is 0 Å². The van der Waals surface area contributed by atoms with E-state index in [1.165, 1.54) is 12.1 Å². The van der Waals surface area contributed by atoms with Gasteiger partial charge in [-0.3, -0.25) is 14.5 Å². The van der Waals surface area contributed by atoms with Gasteiger partial charge in [-0.2, -0.15) is 0 Å². The van der Waals surface area contributed by atoms with E-state index in [2.05, 4.69) is 0 Å². The number of carbonyl (C=O) groups is 2. The zero-order valence-electron chi connectivity index (χ0n) is 10.1. The second kappa shape index (κ2) is 5.44. The van der Waals surface area contributed by atoms with E-state index in [-0.39, 0.29) is 24.9 Å². The molecule has 2 rings (SSSR count). The van der Waals surface area contributed by atoms with E-state index < -0.39 is 29.6 Å². The summed E-state index contributed by atoms with van der Waals surface area (Å²) in [6.07, 6.45) is -0.492. The molecule has 1 unspecified atom stereocenters. The second-order valence-electron chi connectivity index (χ2n) is 4.41. The number of imide groups is 1. The molecule has 1 fully saturated rings. The number of rotatable bonds is 3. The van der Waals surface area contributed by atoms with Gasteiger partial charge in [-0.05, 0) is 12.5 Å². The van der Waals surface area contributed by atoms with E-state index >= 15 is 0 Å². The smallest absolute Gasteiger partial charge is 0.229 e. The molecule has 0 aliphatic carbocycles. The summed E-state index contributed by atoms with van der Waals surface area (Å²) in [5, 5.41) is 9.86. The number of β-amino-alcohol motifs (C(OH)–C–C–N with tert-alkyl or cyclic N) is 1. The number of amides is 2. The van der Waals surface area contributed by atoms with Gasteiger partial charge in [0.15, 0.2) is 11.6 Å². The Morgan fingerprint density at radius 3 is 2.47 bits per heavy atom. The highest BCUT2D eigenvalue weighted by atomic mass is 19.2. The number of hydrogen-bond donors (Lipinski definition) is 1. The number of hydrogen-bond acceptors (Lipinski definition) is 3. The fourth-order valence-electron chi connectivity index (χ4n) is 2.05. The van der Waals surface area contributed by atoms with E-state index in [4.69, 9.17) is 0 Å². The third-order valence-corrected chi connectivity index (χ3v) is 3.08. The van der Waals surface area contributed by atoms with Gasteiger partial charge in [-0.25, -0.2) is 8.78 Å². The summed E-state index contributed by atoms with van der Waals surface area (Å²) < 4.78 is 26.5. The molecular weight excluding hydrogens is 256 g/mol. The quantitative estimate of drug-likeness (QED) is 0.847. The van der Waals surface area contributed by atoms with Crippen molar-refractivity contribution in [1.29, 1.82) is 0 Å². The van der Waals surface area contributed by atoms with Gasteiger partial charge in [-0.15, -0.1) is 0 Å². The van der Waals surface area contributed by atoms with Crippen LogP contribution in [0.25, 0.3) is 0 Å². The summed E-state index contributed by atoms with van der Waals surface area (Å²) >= 11 is 0. The number of nitrogens with zero attached hydrogens (tertiary/aromatic N) is 1. The van der Waals surface area contributed by atoms with Crippen LogP contribution in [0.1, 0.15) is 30.9 Å². The Morgan fingerprint density at radius 1 is 1.21 bits per heavy atom. The molecule has 0 saturated carbocycles. The van der Waals surface area contributed by atoms with E-state index in [0.717, 1.165) is 11.0 Å². The molecule has 1 saturated heterocycles. The third kappa shape index (κ3) is 2.78. The lowest BCUT2D eigenvalue weighted by Gasteiger charge is -2.27. The van der Waals surface area contributed by atoms with Gasteiger partial charge < -0.3 is 5.11 Å². The van der Waals surface area contributed by atoms with Crippen LogP contribution in [0.3, 0.4) is 0 Å². The minimum Gasteiger partial charge on any atom is -0.386 e. The summed E-state index contributed by atoms with van der Waals surface area (Å²) in [7, 11) is 0. The normalized spacial score (nSPS) is 17.7. The van der Waals surface area contributed by atoms with Crippen LogP contribution in [0.15, 0.2) is 18.2 Å². The zero-order valence-corrected chi connectivity index (χ0v) is 10.1. The zero-order chi connectivity index (χ0) is 14.0. The standard InChI is InChI=1S/C13H13F2NO3/c14-9-4-1-3-8(13(9)15)10(17)7-16-11(18)5-2-6-12(16)19/h1,3-4,10,17H,2,5-7H2. The summed E-state index contributed by atoms with van der Waals surface area (Å²) in [6.45, 7) is -0.349. The molecule has 2 amide bonds. The first-order valence-electron chi connectivity index (χ1n) is 5.96. The molecule has 0 radical (unpaired) electrons. The number of carbonyl (C=O) groups excluding carboxylic acids is 2. The maximum atomic E-state index is 13.5. The first-order chi connectivity index (χ1) is 9.00. The lowest BCUT2D eigenvalue weighted by molar-refractivity contribution is -0.149. The first-order valence-corrected chi connectivity index (χ1v) is 5.96. The number of piperidine rings is 1. The molecule has 1 aliphatic rings. The van der Waals surface area contributed by atoms with Crippen LogP contribution in [0, 0.1) is 11.6 Å². The number of aliphatic hydroxyl groups is 1. The van der Waals surface area contributed by atoms with Gasteiger partial charge in [0.1, 0.15) is 0 Å². The molecule has 1 heterocycles. The van der Waals surface area contributed by atoms with E-state index in [9.17, 15) is 23.5 Å². The van der Waals surface area contributed by atoms with Gasteiger partial charge in [0, 0.05) is 18.4 Å². The molecule has 1 N–H and O–H groups in total. The molecule has 19 heavy (non-hydrogen) atoms. The van der Waals surface area contributed by atoms with E-state index in [1.54, 1.807) is 0 Å². The average molecular weight is 269 g/mol. The fraction of sp³-hybridized carbons (Fsp3) is 0.385. The Bertz CT molecular complexity index is 503. The van der Waals surface area contributed by atoms with E-state index in [0.29, 0.717) is 6.42 Å². The Hall–Kier alpha value is -1.82. The van der Waals surface area contributed by atoms with Gasteiger partial charge in [0.2, 0.25) is 11.8 Å². The summed E-state index contributed by atoms with van der Waals surface area (Å²) in [5.41, 5.74) is -0.258. The lowest BCUT2D eigenvalue weighted by atomic mass is 10.1. The average Bonchev–Trinajstić information content (AvgIpc) is 2.37. The van der Waals surface area contributed by atoms with Crippen LogP contribution >= 0.6 is 0 Å². The molecule has 1 aromatic carbocycles. The summed E-state index contributed by atoms with van der Waals surface area (Å²) in [6, 6.07) is 3.42. The van der Waals surface area contributed by atoms with Gasteiger partial charge >= 0.3 is 0 Å². The maximum Gasteiger partial charge on any atom is 0.229 e. The Labute approximate surface area is 108 Å². The molecular formula is C13H13F2NO3. The van der Waals surface area contributed by atoms with Gasteiger partial charge in [0.05, 0.1) is 12.6 Å². The molecule has 102 valence electrons. The molecule has 1 aliphatic heterocycles. The van der Waals surface area contributed by atoms with Crippen LogP contribution < -0.4 is 0 Å². The third-order valence-electron chi connectivity index (χ3n) is 3.08. The molecule has 1 atom stereocenters. The van der Waals surface area contributed by atoms with Crippen LogP contribution in [0.4, 0.5) is 8.78 Å². The maximum absolute atomic E-state index is 13.5. The highest BCUT2D eigenvalue weighted by molar-refractivity contribution is 5.97. The van der Waals surface area contributed by atoms with Crippen molar-refractivity contribution in [2.75, 3.05) is 6.54 Å². The van der Waals surface area contributed by atoms with Crippen LogP contribution in [0.2, 0.25) is 0 Å². The van der Waals surface area contributed by atoms with Crippen LogP contribution in [0.5, 0.6) is 0 Å². The van der Waals surface area contributed by atoms with Crippen molar-refractivity contribution < 1.29 is 23.5 Å². The molecule has 0 spiro atoms. The molecule has 1 aromatic rings.